The highest BCUT2D eigenvalue weighted by Crippen LogP contribution is 2.20. The Labute approximate surface area is 149 Å². The molecule has 4 nitrogen and oxygen atoms in total. The predicted octanol–water partition coefficient (Wildman–Crippen LogP) is 3.48. The van der Waals surface area contributed by atoms with E-state index in [4.69, 9.17) is 5.11 Å². The molecule has 2 aromatic carbocycles. The molecule has 0 aromatic heterocycles. The molecule has 4 heteroatoms. The number of nitrogens with zero attached hydrogens (tertiary/aromatic N) is 2. The standard InChI is InChI=1S/C21H26N2O2/c1-2-23(15-18-9-6-10-19(13-18)21(24)25)20-11-12-22(16-20)14-17-7-4-3-5-8-17/h3-10,13,20H,2,11-12,14-16H2,1H3,(H,24,25). The SMILES string of the molecule is CCN(Cc1cccc(C(=O)O)c1)C1CCN(Cc2ccccc2)C1. The first-order valence-corrected chi connectivity index (χ1v) is 8.98. The van der Waals surface area contributed by atoms with Gasteiger partial charge >= 0.3 is 5.97 Å². The number of benzene rings is 2. The van der Waals surface area contributed by atoms with Crippen LogP contribution >= 0.6 is 0 Å². The van der Waals surface area contributed by atoms with Gasteiger partial charge in [0, 0.05) is 32.2 Å². The minimum Gasteiger partial charge on any atom is -0.478 e. The van der Waals surface area contributed by atoms with Crippen LogP contribution in [0.5, 0.6) is 0 Å². The van der Waals surface area contributed by atoms with Gasteiger partial charge in [-0.15, -0.1) is 0 Å². The summed E-state index contributed by atoms with van der Waals surface area (Å²) < 4.78 is 0. The molecule has 132 valence electrons. The topological polar surface area (TPSA) is 43.8 Å². The normalized spacial score (nSPS) is 17.9. The monoisotopic (exact) mass is 338 g/mol. The average Bonchev–Trinajstić information content (AvgIpc) is 3.09. The molecule has 1 atom stereocenters. The molecule has 2 aromatic rings. The summed E-state index contributed by atoms with van der Waals surface area (Å²) in [5.41, 5.74) is 2.80. The van der Waals surface area contributed by atoms with Gasteiger partial charge in [-0.05, 0) is 36.2 Å². The fourth-order valence-corrected chi connectivity index (χ4v) is 3.63. The highest BCUT2D eigenvalue weighted by Gasteiger charge is 2.27. The van der Waals surface area contributed by atoms with Crippen LogP contribution in [0.1, 0.15) is 34.8 Å². The van der Waals surface area contributed by atoms with Gasteiger partial charge in [0.25, 0.3) is 0 Å². The molecular formula is C21H26N2O2. The number of carboxylic acid groups (broad SMARTS) is 1. The summed E-state index contributed by atoms with van der Waals surface area (Å²) in [4.78, 5) is 16.1. The molecule has 25 heavy (non-hydrogen) atoms. The molecule has 1 N–H and O–H groups in total. The van der Waals surface area contributed by atoms with Gasteiger partial charge in [-0.2, -0.15) is 0 Å². The van der Waals surface area contributed by atoms with Gasteiger partial charge in [-0.25, -0.2) is 4.79 Å². The summed E-state index contributed by atoms with van der Waals surface area (Å²) in [6.45, 7) is 7.15. The van der Waals surface area contributed by atoms with E-state index in [9.17, 15) is 4.79 Å². The van der Waals surface area contributed by atoms with Crippen LogP contribution in [-0.2, 0) is 13.1 Å². The third kappa shape index (κ3) is 4.68. The maximum absolute atomic E-state index is 11.2. The van der Waals surface area contributed by atoms with Gasteiger partial charge in [-0.1, -0.05) is 49.4 Å². The lowest BCUT2D eigenvalue weighted by Gasteiger charge is -2.28. The molecule has 0 spiro atoms. The van der Waals surface area contributed by atoms with Crippen molar-refractivity contribution in [2.45, 2.75) is 32.5 Å². The largest absolute Gasteiger partial charge is 0.478 e. The lowest BCUT2D eigenvalue weighted by Crippen LogP contribution is -2.37. The quantitative estimate of drug-likeness (QED) is 0.839. The third-order valence-electron chi connectivity index (χ3n) is 4.98. The Bertz CT molecular complexity index is 702. The van der Waals surface area contributed by atoms with Crippen LogP contribution in [0.2, 0.25) is 0 Å². The Kier molecular flexibility index (Phi) is 5.84. The average molecular weight is 338 g/mol. The van der Waals surface area contributed by atoms with Crippen LogP contribution in [0, 0.1) is 0 Å². The van der Waals surface area contributed by atoms with Gasteiger partial charge < -0.3 is 5.11 Å². The molecule has 0 bridgehead atoms. The number of rotatable bonds is 7. The Balaban J connectivity index is 1.60. The van der Waals surface area contributed by atoms with E-state index in [-0.39, 0.29) is 0 Å². The van der Waals surface area contributed by atoms with E-state index < -0.39 is 5.97 Å². The fourth-order valence-electron chi connectivity index (χ4n) is 3.63. The zero-order valence-corrected chi connectivity index (χ0v) is 14.8. The maximum atomic E-state index is 11.2. The Morgan fingerprint density at radius 3 is 2.64 bits per heavy atom. The smallest absolute Gasteiger partial charge is 0.335 e. The molecular weight excluding hydrogens is 312 g/mol. The molecule has 1 unspecified atom stereocenters. The second-order valence-corrected chi connectivity index (χ2v) is 6.73. The summed E-state index contributed by atoms with van der Waals surface area (Å²) in [6.07, 6.45) is 1.17. The third-order valence-corrected chi connectivity index (χ3v) is 4.98. The fraction of sp³-hybridized carbons (Fsp3) is 0.381. The zero-order chi connectivity index (χ0) is 17.6. The lowest BCUT2D eigenvalue weighted by molar-refractivity contribution is 0.0696. The minimum absolute atomic E-state index is 0.366. The van der Waals surface area contributed by atoms with Crippen molar-refractivity contribution in [2.75, 3.05) is 19.6 Å². The van der Waals surface area contributed by atoms with Crippen LogP contribution < -0.4 is 0 Å². The maximum Gasteiger partial charge on any atom is 0.335 e. The van der Waals surface area contributed by atoms with Crippen LogP contribution in [0.15, 0.2) is 54.6 Å². The van der Waals surface area contributed by atoms with E-state index >= 15 is 0 Å². The number of aromatic carboxylic acids is 1. The van der Waals surface area contributed by atoms with Gasteiger partial charge in [0.05, 0.1) is 5.56 Å². The van der Waals surface area contributed by atoms with Crippen molar-refractivity contribution in [3.05, 3.63) is 71.3 Å². The molecule has 0 amide bonds. The van der Waals surface area contributed by atoms with Gasteiger partial charge in [0.1, 0.15) is 0 Å². The van der Waals surface area contributed by atoms with Crippen LogP contribution in [-0.4, -0.2) is 46.6 Å². The van der Waals surface area contributed by atoms with E-state index in [1.165, 1.54) is 12.0 Å². The Morgan fingerprint density at radius 2 is 1.92 bits per heavy atom. The van der Waals surface area contributed by atoms with Crippen molar-refractivity contribution in [1.29, 1.82) is 0 Å². The van der Waals surface area contributed by atoms with E-state index in [1.807, 2.05) is 12.1 Å². The van der Waals surface area contributed by atoms with Crippen molar-refractivity contribution in [3.8, 4) is 0 Å². The summed E-state index contributed by atoms with van der Waals surface area (Å²) in [5, 5.41) is 9.17. The molecule has 3 rings (SSSR count). The molecule has 1 fully saturated rings. The first-order chi connectivity index (χ1) is 12.2. The summed E-state index contributed by atoms with van der Waals surface area (Å²) in [6, 6.07) is 18.4. The summed E-state index contributed by atoms with van der Waals surface area (Å²) in [7, 11) is 0. The van der Waals surface area contributed by atoms with Crippen LogP contribution in [0.25, 0.3) is 0 Å². The molecule has 0 aliphatic carbocycles. The lowest BCUT2D eigenvalue weighted by atomic mass is 10.1. The number of likely N-dealkylation sites (tertiary alicyclic amines) is 1. The minimum atomic E-state index is -0.861. The van der Waals surface area contributed by atoms with E-state index in [0.29, 0.717) is 11.6 Å². The van der Waals surface area contributed by atoms with Crippen molar-refractivity contribution < 1.29 is 9.90 Å². The van der Waals surface area contributed by atoms with Crippen molar-refractivity contribution in [3.63, 3.8) is 0 Å². The highest BCUT2D eigenvalue weighted by atomic mass is 16.4. The van der Waals surface area contributed by atoms with Crippen LogP contribution in [0.4, 0.5) is 0 Å². The Hall–Kier alpha value is -2.17. The first-order valence-electron chi connectivity index (χ1n) is 8.98. The molecule has 0 radical (unpaired) electrons. The second-order valence-electron chi connectivity index (χ2n) is 6.73. The molecule has 1 aliphatic rings. The zero-order valence-electron chi connectivity index (χ0n) is 14.8. The molecule has 1 aliphatic heterocycles. The predicted molar refractivity (Wildman–Crippen MR) is 99.6 cm³/mol. The van der Waals surface area contributed by atoms with Crippen LogP contribution in [0.3, 0.4) is 0 Å². The van der Waals surface area contributed by atoms with Crippen molar-refractivity contribution >= 4 is 5.97 Å². The summed E-state index contributed by atoms with van der Waals surface area (Å²) >= 11 is 0. The molecule has 1 heterocycles. The van der Waals surface area contributed by atoms with Gasteiger partial charge in [0.2, 0.25) is 0 Å². The van der Waals surface area contributed by atoms with E-state index in [1.54, 1.807) is 12.1 Å². The summed E-state index contributed by atoms with van der Waals surface area (Å²) in [5.74, 6) is -0.861. The van der Waals surface area contributed by atoms with E-state index in [0.717, 1.165) is 38.3 Å². The molecule has 1 saturated heterocycles. The van der Waals surface area contributed by atoms with Crippen molar-refractivity contribution in [2.24, 2.45) is 0 Å². The van der Waals surface area contributed by atoms with Crippen molar-refractivity contribution in [1.82, 2.24) is 9.80 Å². The first kappa shape index (κ1) is 17.6. The van der Waals surface area contributed by atoms with Gasteiger partial charge in [-0.3, -0.25) is 9.80 Å². The van der Waals surface area contributed by atoms with E-state index in [2.05, 4.69) is 47.1 Å². The Morgan fingerprint density at radius 1 is 1.16 bits per heavy atom. The number of carbonyl (C=O) groups is 1. The molecule has 0 saturated carbocycles. The van der Waals surface area contributed by atoms with Gasteiger partial charge in [0.15, 0.2) is 0 Å². The highest BCUT2D eigenvalue weighted by molar-refractivity contribution is 5.87. The number of carboxylic acids is 1. The second kappa shape index (κ2) is 8.28. The number of likely N-dealkylation sites (N-methyl/N-ethyl adjacent to an activating group) is 1. The number of hydrogen-bond donors (Lipinski definition) is 1. The number of hydrogen-bond acceptors (Lipinski definition) is 3.